The Morgan fingerprint density at radius 1 is 1.32 bits per heavy atom. The fraction of sp³-hybridized carbons (Fsp3) is 0.536. The van der Waals surface area contributed by atoms with E-state index in [0.29, 0.717) is 30.4 Å². The van der Waals surface area contributed by atoms with Crippen molar-refractivity contribution in [2.75, 3.05) is 6.54 Å². The molecular weight excluding hydrogens is 531 g/mol. The fourth-order valence-electron chi connectivity index (χ4n) is 5.43. The van der Waals surface area contributed by atoms with Crippen LogP contribution in [0.5, 0.6) is 11.6 Å². The summed E-state index contributed by atoms with van der Waals surface area (Å²) in [5.41, 5.74) is 0.653. The van der Waals surface area contributed by atoms with Gasteiger partial charge in [-0.25, -0.2) is 9.37 Å². The summed E-state index contributed by atoms with van der Waals surface area (Å²) in [5, 5.41) is 17.3. The summed E-state index contributed by atoms with van der Waals surface area (Å²) in [6.45, 7) is 0.637. The van der Waals surface area contributed by atoms with Gasteiger partial charge in [0.05, 0.1) is 18.3 Å². The summed E-state index contributed by atoms with van der Waals surface area (Å²) in [6, 6.07) is 6.05. The minimum absolute atomic E-state index is 0.0000737. The number of pyridine rings is 1. The molecule has 3 heterocycles. The van der Waals surface area contributed by atoms with Crippen molar-refractivity contribution in [3.8, 4) is 11.6 Å². The summed E-state index contributed by atoms with van der Waals surface area (Å²) in [6.07, 6.45) is -0.656. The number of nitrogens with one attached hydrogen (secondary N) is 2. The number of nitrogens with zero attached hydrogens (tertiary/aromatic N) is 1. The van der Waals surface area contributed by atoms with Gasteiger partial charge in [-0.05, 0) is 49.4 Å². The van der Waals surface area contributed by atoms with Crippen LogP contribution < -0.4 is 20.1 Å². The summed E-state index contributed by atoms with van der Waals surface area (Å²) in [4.78, 5) is 28.5. The van der Waals surface area contributed by atoms with Gasteiger partial charge in [-0.15, -0.1) is 0 Å². The van der Waals surface area contributed by atoms with E-state index in [4.69, 9.17) is 14.2 Å². The maximum atomic E-state index is 13.9. The minimum atomic E-state index is -3.39. The number of rotatable bonds is 10. The first kappa shape index (κ1) is 28.2. The Hall–Kier alpha value is -3.38. The molecule has 0 unspecified atom stereocenters. The number of aliphatic hydroxyl groups is 1. The predicted octanol–water partition coefficient (Wildman–Crippen LogP) is 3.34. The number of carbonyl (C=O) groups excluding carboxylic acids is 2. The van der Waals surface area contributed by atoms with E-state index in [9.17, 15) is 27.9 Å². The molecule has 0 bridgehead atoms. The van der Waals surface area contributed by atoms with Gasteiger partial charge in [0.2, 0.25) is 5.88 Å². The van der Waals surface area contributed by atoms with Crippen LogP contribution in [-0.2, 0) is 20.7 Å². The first-order valence-electron chi connectivity index (χ1n) is 13.4. The lowest BCUT2D eigenvalue weighted by atomic mass is 9.73. The number of amides is 1. The monoisotopic (exact) mass is 563 g/mol. The van der Waals surface area contributed by atoms with Crippen LogP contribution in [0.4, 0.5) is 13.2 Å². The number of carbonyl (C=O) groups is 2. The molecule has 4 atom stereocenters. The number of esters is 1. The molecule has 1 spiro atoms. The Kier molecular flexibility index (Phi) is 7.92. The second-order valence-corrected chi connectivity index (χ2v) is 10.8. The normalized spacial score (nSPS) is 22.9. The van der Waals surface area contributed by atoms with Gasteiger partial charge in [-0.3, -0.25) is 9.59 Å². The van der Waals surface area contributed by atoms with Crippen LogP contribution in [-0.4, -0.2) is 58.5 Å². The van der Waals surface area contributed by atoms with E-state index in [1.54, 1.807) is 6.07 Å². The van der Waals surface area contributed by atoms with Crippen LogP contribution in [0.15, 0.2) is 36.5 Å². The molecule has 216 valence electrons. The average Bonchev–Trinajstić information content (AvgIpc) is 3.31. The third kappa shape index (κ3) is 6.67. The molecule has 1 aliphatic carbocycles. The zero-order valence-corrected chi connectivity index (χ0v) is 22.0. The van der Waals surface area contributed by atoms with Crippen molar-refractivity contribution >= 4 is 11.9 Å². The SMILES string of the molecule is CC(F)(F)Oc1cnc2c(c1)[C@@H](NC[C@@H](O)[C@H](Cc1cccc(F)c1)NC(=O)[C@@H]1CCC(=O)O1)CC1(CCC1)O2. The second-order valence-electron chi connectivity index (χ2n) is 10.8. The van der Waals surface area contributed by atoms with Crippen LogP contribution in [0.25, 0.3) is 0 Å². The van der Waals surface area contributed by atoms with Gasteiger partial charge >= 0.3 is 12.1 Å². The topological polar surface area (TPSA) is 119 Å². The molecule has 5 rings (SSSR count). The molecule has 1 saturated heterocycles. The molecule has 40 heavy (non-hydrogen) atoms. The number of alkyl halides is 2. The van der Waals surface area contributed by atoms with Gasteiger partial charge in [0.25, 0.3) is 5.91 Å². The summed E-state index contributed by atoms with van der Waals surface area (Å²) in [7, 11) is 0. The Bertz CT molecular complexity index is 1250. The largest absolute Gasteiger partial charge is 0.471 e. The van der Waals surface area contributed by atoms with Gasteiger partial charge < -0.3 is 30.0 Å². The Morgan fingerprint density at radius 2 is 2.12 bits per heavy atom. The van der Waals surface area contributed by atoms with Crippen LogP contribution in [0, 0.1) is 5.82 Å². The lowest BCUT2D eigenvalue weighted by Crippen LogP contribution is -2.53. The highest BCUT2D eigenvalue weighted by Gasteiger charge is 2.46. The molecule has 3 aliphatic rings. The number of benzene rings is 1. The molecule has 1 saturated carbocycles. The van der Waals surface area contributed by atoms with Gasteiger partial charge in [-0.2, -0.15) is 8.78 Å². The molecule has 0 radical (unpaired) electrons. The molecule has 3 N–H and O–H groups in total. The maximum Gasteiger partial charge on any atom is 0.394 e. The standard InChI is InChI=1S/C28H32F3N3O6/c1-27(30,31)39-18-12-19-21(13-28(8-3-9-28)40-26(19)33-14-18)32-15-22(35)20(11-16-4-2-5-17(29)10-16)34-25(37)23-6-7-24(36)38-23/h2,4-5,10,12,14,20-23,32,35H,3,6-9,11,13,15H2,1H3,(H,34,37)/t20-,21-,22+,23-/m0/s1. The highest BCUT2D eigenvalue weighted by molar-refractivity contribution is 5.86. The van der Waals surface area contributed by atoms with Crippen molar-refractivity contribution in [3.63, 3.8) is 0 Å². The lowest BCUT2D eigenvalue weighted by molar-refractivity contribution is -0.159. The number of hydrogen-bond donors (Lipinski definition) is 3. The Balaban J connectivity index is 1.32. The zero-order chi connectivity index (χ0) is 28.5. The highest BCUT2D eigenvalue weighted by atomic mass is 19.3. The van der Waals surface area contributed by atoms with Crippen LogP contribution in [0.3, 0.4) is 0 Å². The van der Waals surface area contributed by atoms with Gasteiger partial charge in [0, 0.05) is 44.3 Å². The van der Waals surface area contributed by atoms with Crippen molar-refractivity contribution < 1.29 is 42.1 Å². The number of cyclic esters (lactones) is 1. The zero-order valence-electron chi connectivity index (χ0n) is 22.0. The molecular formula is C28H32F3N3O6. The summed E-state index contributed by atoms with van der Waals surface area (Å²) in [5.74, 6) is -1.26. The average molecular weight is 564 g/mol. The molecule has 1 aromatic carbocycles. The number of aromatic nitrogens is 1. The van der Waals surface area contributed by atoms with E-state index in [1.807, 2.05) is 0 Å². The van der Waals surface area contributed by atoms with Crippen molar-refractivity contribution in [2.45, 2.75) is 87.9 Å². The van der Waals surface area contributed by atoms with Gasteiger partial charge in [0.15, 0.2) is 6.10 Å². The van der Waals surface area contributed by atoms with E-state index >= 15 is 0 Å². The Labute approximate surface area is 229 Å². The van der Waals surface area contributed by atoms with Crippen molar-refractivity contribution in [1.29, 1.82) is 0 Å². The van der Waals surface area contributed by atoms with E-state index < -0.39 is 53.7 Å². The van der Waals surface area contributed by atoms with Crippen molar-refractivity contribution in [1.82, 2.24) is 15.6 Å². The van der Waals surface area contributed by atoms with E-state index in [2.05, 4.69) is 15.6 Å². The molecule has 1 aromatic heterocycles. The van der Waals surface area contributed by atoms with Crippen molar-refractivity contribution in [2.24, 2.45) is 0 Å². The van der Waals surface area contributed by atoms with E-state index in [1.165, 1.54) is 30.5 Å². The first-order valence-corrected chi connectivity index (χ1v) is 13.4. The number of aliphatic hydroxyl groups excluding tert-OH is 1. The van der Waals surface area contributed by atoms with Gasteiger partial charge in [-0.1, -0.05) is 12.1 Å². The maximum absolute atomic E-state index is 13.9. The summed E-state index contributed by atoms with van der Waals surface area (Å²) < 4.78 is 56.7. The number of fused-ring (bicyclic) bond motifs is 1. The fourth-order valence-corrected chi connectivity index (χ4v) is 5.43. The number of ether oxygens (including phenoxy) is 3. The van der Waals surface area contributed by atoms with Crippen LogP contribution >= 0.6 is 0 Å². The molecule has 12 heteroatoms. The van der Waals surface area contributed by atoms with E-state index in [-0.39, 0.29) is 31.6 Å². The highest BCUT2D eigenvalue weighted by Crippen LogP contribution is 2.48. The molecule has 2 fully saturated rings. The summed E-state index contributed by atoms with van der Waals surface area (Å²) >= 11 is 0. The van der Waals surface area contributed by atoms with E-state index in [0.717, 1.165) is 19.3 Å². The number of hydrogen-bond acceptors (Lipinski definition) is 8. The smallest absolute Gasteiger partial charge is 0.394 e. The predicted molar refractivity (Wildman–Crippen MR) is 135 cm³/mol. The minimum Gasteiger partial charge on any atom is -0.471 e. The van der Waals surface area contributed by atoms with Crippen LogP contribution in [0.2, 0.25) is 0 Å². The molecule has 9 nitrogen and oxygen atoms in total. The second kappa shape index (κ2) is 11.2. The van der Waals surface area contributed by atoms with Gasteiger partial charge in [0.1, 0.15) is 17.2 Å². The number of halogens is 3. The van der Waals surface area contributed by atoms with Crippen molar-refractivity contribution in [3.05, 3.63) is 53.5 Å². The third-order valence-corrected chi connectivity index (χ3v) is 7.57. The Morgan fingerprint density at radius 3 is 2.77 bits per heavy atom. The molecule has 2 aliphatic heterocycles. The first-order chi connectivity index (χ1) is 19.0. The third-order valence-electron chi connectivity index (χ3n) is 7.57. The quantitative estimate of drug-likeness (QED) is 0.377. The lowest BCUT2D eigenvalue weighted by Gasteiger charge is -2.47. The molecule has 1 amide bonds. The van der Waals surface area contributed by atoms with Crippen LogP contribution in [0.1, 0.15) is 62.6 Å². The molecule has 2 aromatic rings.